The smallest absolute Gasteiger partial charge is 0.0934 e. The van der Waals surface area contributed by atoms with Gasteiger partial charge in [0, 0.05) is 29.8 Å². The fraction of sp³-hybridized carbons (Fsp3) is 0.833. The van der Waals surface area contributed by atoms with E-state index in [0.29, 0.717) is 11.5 Å². The summed E-state index contributed by atoms with van der Waals surface area (Å²) < 4.78 is 0. The molecule has 1 aliphatic carbocycles. The van der Waals surface area contributed by atoms with Crippen molar-refractivity contribution in [2.24, 2.45) is 5.41 Å². The third kappa shape index (κ3) is 4.79. The molecule has 1 saturated carbocycles. The summed E-state index contributed by atoms with van der Waals surface area (Å²) in [5.41, 5.74) is 1.87. The van der Waals surface area contributed by atoms with E-state index < -0.39 is 0 Å². The van der Waals surface area contributed by atoms with Gasteiger partial charge in [0.15, 0.2) is 0 Å². The van der Waals surface area contributed by atoms with Crippen LogP contribution in [0, 0.1) is 5.41 Å². The lowest BCUT2D eigenvalue weighted by Crippen LogP contribution is -2.40. The number of hydrogen-bond donors (Lipinski definition) is 1. The fourth-order valence-electron chi connectivity index (χ4n) is 3.20. The lowest BCUT2D eigenvalue weighted by Gasteiger charge is -2.37. The molecule has 1 heterocycles. The van der Waals surface area contributed by atoms with Gasteiger partial charge in [-0.2, -0.15) is 0 Å². The van der Waals surface area contributed by atoms with Gasteiger partial charge < -0.3 is 5.32 Å². The summed E-state index contributed by atoms with van der Waals surface area (Å²) in [7, 11) is 0. The first-order valence-corrected chi connectivity index (χ1v) is 9.37. The summed E-state index contributed by atoms with van der Waals surface area (Å²) in [6.07, 6.45) is 8.06. The minimum Gasteiger partial charge on any atom is -0.314 e. The van der Waals surface area contributed by atoms with Gasteiger partial charge in [-0.05, 0) is 18.3 Å². The molecule has 3 heteroatoms. The van der Waals surface area contributed by atoms with E-state index in [1.165, 1.54) is 42.8 Å². The van der Waals surface area contributed by atoms with Crippen LogP contribution in [-0.2, 0) is 11.8 Å². The van der Waals surface area contributed by atoms with Crippen molar-refractivity contribution >= 4 is 11.3 Å². The first-order chi connectivity index (χ1) is 9.81. The average molecular weight is 309 g/mol. The van der Waals surface area contributed by atoms with Crippen LogP contribution in [0.1, 0.15) is 77.4 Å². The van der Waals surface area contributed by atoms with Crippen molar-refractivity contribution in [1.29, 1.82) is 0 Å². The van der Waals surface area contributed by atoms with E-state index in [9.17, 15) is 0 Å². The van der Waals surface area contributed by atoms with E-state index in [4.69, 9.17) is 4.98 Å². The van der Waals surface area contributed by atoms with Crippen LogP contribution >= 0.6 is 11.3 Å². The van der Waals surface area contributed by atoms with Crippen LogP contribution < -0.4 is 5.32 Å². The highest BCUT2D eigenvalue weighted by Gasteiger charge is 2.33. The van der Waals surface area contributed by atoms with Gasteiger partial charge >= 0.3 is 0 Å². The third-order valence-corrected chi connectivity index (χ3v) is 5.49. The summed E-state index contributed by atoms with van der Waals surface area (Å²) in [4.78, 5) is 4.94. The molecule has 1 fully saturated rings. The van der Waals surface area contributed by atoms with E-state index in [1.807, 2.05) is 11.3 Å². The predicted octanol–water partition coefficient (Wildman–Crippen LogP) is 4.93. The van der Waals surface area contributed by atoms with Crippen LogP contribution in [0.25, 0.3) is 0 Å². The zero-order chi connectivity index (χ0) is 15.5. The fourth-order valence-corrected chi connectivity index (χ4v) is 4.39. The molecule has 0 unspecified atom stereocenters. The van der Waals surface area contributed by atoms with Crippen molar-refractivity contribution in [1.82, 2.24) is 10.3 Å². The zero-order valence-electron chi connectivity index (χ0n) is 14.5. The molecule has 120 valence electrons. The van der Waals surface area contributed by atoms with Crippen molar-refractivity contribution in [3.63, 3.8) is 0 Å². The Morgan fingerprint density at radius 2 is 1.90 bits per heavy atom. The number of aromatic nitrogens is 1. The number of nitrogens with one attached hydrogen (secondary N) is 1. The number of thiazole rings is 1. The summed E-state index contributed by atoms with van der Waals surface area (Å²) in [5.74, 6) is 0. The Morgan fingerprint density at radius 3 is 2.43 bits per heavy atom. The Morgan fingerprint density at radius 1 is 1.24 bits per heavy atom. The van der Waals surface area contributed by atoms with Gasteiger partial charge in [-0.3, -0.25) is 0 Å². The van der Waals surface area contributed by atoms with Crippen molar-refractivity contribution in [3.05, 3.63) is 16.1 Å². The second kappa shape index (κ2) is 6.78. The second-order valence-electron chi connectivity index (χ2n) is 8.15. The Balaban J connectivity index is 2.09. The summed E-state index contributed by atoms with van der Waals surface area (Å²) in [6, 6.07) is 0.574. The highest BCUT2D eigenvalue weighted by atomic mass is 32.1. The molecule has 0 amide bonds. The van der Waals surface area contributed by atoms with Gasteiger partial charge in [0.1, 0.15) is 0 Å². The molecule has 2 rings (SSSR count). The molecule has 2 nitrogen and oxygen atoms in total. The highest BCUT2D eigenvalue weighted by molar-refractivity contribution is 7.09. The first-order valence-electron chi connectivity index (χ1n) is 8.49. The van der Waals surface area contributed by atoms with Gasteiger partial charge in [0.05, 0.1) is 10.7 Å². The van der Waals surface area contributed by atoms with Gasteiger partial charge in [-0.15, -0.1) is 11.3 Å². The maximum absolute atomic E-state index is 4.94. The van der Waals surface area contributed by atoms with Gasteiger partial charge in [-0.25, -0.2) is 4.98 Å². The number of hydrogen-bond acceptors (Lipinski definition) is 3. The highest BCUT2D eigenvalue weighted by Crippen LogP contribution is 2.40. The minimum atomic E-state index is 0.171. The molecule has 1 N–H and O–H groups in total. The quantitative estimate of drug-likeness (QED) is 0.834. The molecular weight excluding hydrogens is 276 g/mol. The monoisotopic (exact) mass is 308 g/mol. The summed E-state index contributed by atoms with van der Waals surface area (Å²) in [5, 5.41) is 7.30. The molecule has 21 heavy (non-hydrogen) atoms. The molecule has 0 aliphatic heterocycles. The van der Waals surface area contributed by atoms with Gasteiger partial charge in [0.25, 0.3) is 0 Å². The molecule has 0 aromatic carbocycles. The van der Waals surface area contributed by atoms with E-state index in [0.717, 1.165) is 13.0 Å². The molecule has 0 atom stereocenters. The second-order valence-corrected chi connectivity index (χ2v) is 9.09. The van der Waals surface area contributed by atoms with E-state index >= 15 is 0 Å². The van der Waals surface area contributed by atoms with Crippen LogP contribution in [0.2, 0.25) is 0 Å². The largest absolute Gasteiger partial charge is 0.314 e. The van der Waals surface area contributed by atoms with Crippen LogP contribution in [-0.4, -0.2) is 17.6 Å². The van der Waals surface area contributed by atoms with Crippen LogP contribution in [0.3, 0.4) is 0 Å². The Kier molecular flexibility index (Phi) is 5.48. The summed E-state index contributed by atoms with van der Waals surface area (Å²) >= 11 is 1.86. The van der Waals surface area contributed by atoms with Crippen molar-refractivity contribution in [3.8, 4) is 0 Å². The average Bonchev–Trinajstić information content (AvgIpc) is 2.86. The summed E-state index contributed by atoms with van der Waals surface area (Å²) in [6.45, 7) is 12.4. The molecule has 0 radical (unpaired) electrons. The number of nitrogens with zero attached hydrogens (tertiary/aromatic N) is 1. The normalized spacial score (nSPS) is 19.1. The molecule has 0 saturated heterocycles. The van der Waals surface area contributed by atoms with Gasteiger partial charge in [-0.1, -0.05) is 53.9 Å². The predicted molar refractivity (Wildman–Crippen MR) is 93.2 cm³/mol. The topological polar surface area (TPSA) is 24.9 Å². The third-order valence-electron chi connectivity index (χ3n) is 4.65. The first kappa shape index (κ1) is 17.0. The van der Waals surface area contributed by atoms with E-state index in [-0.39, 0.29) is 5.41 Å². The van der Waals surface area contributed by atoms with Crippen molar-refractivity contribution < 1.29 is 0 Å². The SMILES string of the molecule is CC(C)NCC1(Cc2nc(C(C)(C)C)cs2)CCCCC1. The molecule has 0 spiro atoms. The van der Waals surface area contributed by atoms with E-state index in [2.05, 4.69) is 45.3 Å². The van der Waals surface area contributed by atoms with Crippen LogP contribution in [0.4, 0.5) is 0 Å². The Labute approximate surface area is 134 Å². The van der Waals surface area contributed by atoms with Crippen molar-refractivity contribution in [2.45, 2.75) is 84.6 Å². The van der Waals surface area contributed by atoms with E-state index in [1.54, 1.807) is 0 Å². The minimum absolute atomic E-state index is 0.171. The molecule has 1 aliphatic rings. The standard InChI is InChI=1S/C18H32N2S/c1-14(2)19-13-18(9-7-6-8-10-18)11-16-20-15(12-21-16)17(3,4)5/h12,14,19H,6-11,13H2,1-5H3. The van der Waals surface area contributed by atoms with Crippen molar-refractivity contribution in [2.75, 3.05) is 6.54 Å². The molecule has 1 aromatic heterocycles. The Bertz CT molecular complexity index is 436. The molecule has 1 aromatic rings. The maximum atomic E-state index is 4.94. The molecule has 0 bridgehead atoms. The van der Waals surface area contributed by atoms with Crippen LogP contribution in [0.5, 0.6) is 0 Å². The molecular formula is C18H32N2S. The number of rotatable bonds is 5. The lowest BCUT2D eigenvalue weighted by molar-refractivity contribution is 0.176. The lowest BCUT2D eigenvalue weighted by atomic mass is 9.71. The maximum Gasteiger partial charge on any atom is 0.0934 e. The van der Waals surface area contributed by atoms with Gasteiger partial charge in [0.2, 0.25) is 0 Å². The zero-order valence-corrected chi connectivity index (χ0v) is 15.3. The Hall–Kier alpha value is -0.410. The van der Waals surface area contributed by atoms with Crippen LogP contribution in [0.15, 0.2) is 5.38 Å².